The fourth-order valence-corrected chi connectivity index (χ4v) is 6.06. The number of nitrogens with zero attached hydrogens (tertiary/aromatic N) is 1. The number of aromatic hydroxyl groups is 1. The molecule has 1 aromatic carbocycles. The maximum Gasteiger partial charge on any atom is 0.241 e. The summed E-state index contributed by atoms with van der Waals surface area (Å²) in [5.74, 6) is -6.27. The van der Waals surface area contributed by atoms with Crippen LogP contribution in [0.2, 0.25) is 5.02 Å². The number of phenolic OH excluding ortho intramolecular Hbond substituents is 1. The van der Waals surface area contributed by atoms with E-state index in [9.17, 15) is 34.8 Å². The maximum absolute atomic E-state index is 13.6. The third-order valence-corrected chi connectivity index (χ3v) is 7.64. The molecule has 2 saturated carbocycles. The summed E-state index contributed by atoms with van der Waals surface area (Å²) in [5.41, 5.74) is 6.73. The van der Waals surface area contributed by atoms with Crippen LogP contribution in [0.25, 0.3) is 5.76 Å². The number of phenols is 1. The van der Waals surface area contributed by atoms with Gasteiger partial charge in [-0.25, -0.2) is 0 Å². The molecule has 0 aliphatic heterocycles. The zero-order valence-corrected chi connectivity index (χ0v) is 19.4. The van der Waals surface area contributed by atoms with Crippen LogP contribution >= 0.6 is 24.0 Å². The second-order valence-electron chi connectivity index (χ2n) is 8.93. The van der Waals surface area contributed by atoms with Crippen molar-refractivity contribution in [2.24, 2.45) is 17.6 Å². The molecular formula is C21H25Cl2N3O7. The van der Waals surface area contributed by atoms with Crippen LogP contribution in [0.3, 0.4) is 0 Å². The third kappa shape index (κ3) is 2.95. The molecule has 3 aliphatic rings. The summed E-state index contributed by atoms with van der Waals surface area (Å²) in [7, 11) is 2.93. The lowest BCUT2D eigenvalue weighted by Crippen LogP contribution is -2.78. The fourth-order valence-electron chi connectivity index (χ4n) is 5.84. The predicted octanol–water partition coefficient (Wildman–Crippen LogP) is -0.0695. The van der Waals surface area contributed by atoms with Gasteiger partial charge in [0.05, 0.1) is 22.4 Å². The van der Waals surface area contributed by atoms with E-state index >= 15 is 0 Å². The van der Waals surface area contributed by atoms with Gasteiger partial charge in [-0.05, 0) is 44.5 Å². The van der Waals surface area contributed by atoms with E-state index in [1.54, 1.807) is 0 Å². The van der Waals surface area contributed by atoms with Crippen molar-refractivity contribution < 1.29 is 34.8 Å². The Morgan fingerprint density at radius 2 is 1.85 bits per heavy atom. The Balaban J connectivity index is 0.00000306. The van der Waals surface area contributed by atoms with Crippen molar-refractivity contribution >= 4 is 52.9 Å². The molecule has 0 bridgehead atoms. The largest absolute Gasteiger partial charge is 0.507 e. The van der Waals surface area contributed by atoms with Gasteiger partial charge in [-0.1, -0.05) is 11.6 Å². The van der Waals surface area contributed by atoms with E-state index in [4.69, 9.17) is 23.1 Å². The Morgan fingerprint density at radius 3 is 2.39 bits per heavy atom. The Morgan fingerprint density at radius 1 is 1.24 bits per heavy atom. The van der Waals surface area contributed by atoms with Crippen molar-refractivity contribution in [3.63, 3.8) is 0 Å². The first-order valence-corrected chi connectivity index (χ1v) is 10.4. The van der Waals surface area contributed by atoms with Gasteiger partial charge in [0.2, 0.25) is 11.7 Å². The number of hydrogen-bond acceptors (Lipinski definition) is 9. The van der Waals surface area contributed by atoms with Gasteiger partial charge in [0, 0.05) is 17.9 Å². The number of carbonyl (C=O) groups is 3. The van der Waals surface area contributed by atoms with E-state index in [0.29, 0.717) is 5.56 Å². The van der Waals surface area contributed by atoms with Crippen LogP contribution in [-0.4, -0.2) is 74.1 Å². The summed E-state index contributed by atoms with van der Waals surface area (Å²) in [6.07, 6.45) is -2.24. The number of likely N-dealkylation sites (N-methyl/N-ethyl adjacent to an activating group) is 1. The topological polar surface area (TPSA) is 187 Å². The molecule has 5 unspecified atom stereocenters. The summed E-state index contributed by atoms with van der Waals surface area (Å²) in [4.78, 5) is 40.4. The third-order valence-electron chi connectivity index (χ3n) is 7.33. The highest BCUT2D eigenvalue weighted by molar-refractivity contribution is 6.33. The number of rotatable bonds is 2. The molecule has 3 aliphatic carbocycles. The van der Waals surface area contributed by atoms with Crippen LogP contribution in [0.5, 0.6) is 5.75 Å². The second-order valence-corrected chi connectivity index (χ2v) is 9.34. The van der Waals surface area contributed by atoms with Crippen molar-refractivity contribution in [2.75, 3.05) is 19.8 Å². The summed E-state index contributed by atoms with van der Waals surface area (Å²) in [5, 5.41) is 43.7. The highest BCUT2D eigenvalue weighted by Gasteiger charge is 2.71. The number of ketones is 2. The number of carbonyl (C=O) groups excluding carboxylic acids is 3. The lowest BCUT2D eigenvalue weighted by molar-refractivity contribution is -0.193. The van der Waals surface area contributed by atoms with Crippen LogP contribution < -0.4 is 11.5 Å². The normalized spacial score (nSPS) is 33.2. The average molecular weight is 502 g/mol. The van der Waals surface area contributed by atoms with Gasteiger partial charge < -0.3 is 31.9 Å². The molecular weight excluding hydrogens is 477 g/mol. The highest BCUT2D eigenvalue weighted by atomic mass is 35.5. The summed E-state index contributed by atoms with van der Waals surface area (Å²) in [6.45, 7) is 0. The lowest BCUT2D eigenvalue weighted by atomic mass is 9.52. The van der Waals surface area contributed by atoms with Gasteiger partial charge in [-0.2, -0.15) is 0 Å². The number of benzene rings is 1. The quantitative estimate of drug-likeness (QED) is 0.183. The van der Waals surface area contributed by atoms with Crippen LogP contribution in [0.15, 0.2) is 11.6 Å². The van der Waals surface area contributed by atoms with Crippen LogP contribution in [0, 0.1) is 11.8 Å². The Hall–Kier alpha value is -2.37. The molecule has 0 heterocycles. The zero-order chi connectivity index (χ0) is 23.9. The van der Waals surface area contributed by atoms with Crippen LogP contribution in [0.1, 0.15) is 24.0 Å². The molecule has 12 heteroatoms. The summed E-state index contributed by atoms with van der Waals surface area (Å²) >= 11 is 6.07. The first-order valence-electron chi connectivity index (χ1n) is 10.00. The number of Topliss-reactive ketones (excluding diaryl/α,β-unsaturated/α-hetero) is 2. The number of halogens is 2. The Kier molecular flexibility index (Phi) is 6.01. The molecule has 0 spiro atoms. The summed E-state index contributed by atoms with van der Waals surface area (Å²) < 4.78 is 0. The van der Waals surface area contributed by atoms with E-state index in [1.165, 1.54) is 25.1 Å². The first-order chi connectivity index (χ1) is 14.8. The van der Waals surface area contributed by atoms with E-state index in [0.717, 1.165) is 0 Å². The molecule has 33 heavy (non-hydrogen) atoms. The van der Waals surface area contributed by atoms with E-state index in [1.807, 2.05) is 0 Å². The SMILES string of the molecule is CN(C)C1(C(N)=O)C(O)CC(=O)C2(O)C(=O)C3=C(O)c4c(cc(Cl)c(N)c4O)CC3CC21.Cl. The standard InChI is InChI=1S/C21H24ClN3O7.ClH/c1-25(2)20(19(24)31)10-5-8-3-7-4-9(22)15(23)17(29)13(7)16(28)14(8)18(30)21(10,32)12(27)6-11(20)26;/h4,8,10-11,26,28-29,32H,3,5-6,23H2,1-2H3,(H2,24,31);1H. The second kappa shape index (κ2) is 7.85. The first kappa shape index (κ1) is 25.3. The highest BCUT2D eigenvalue weighted by Crippen LogP contribution is 2.55. The maximum atomic E-state index is 13.6. The zero-order valence-electron chi connectivity index (χ0n) is 17.8. The number of primary amides is 1. The molecule has 8 N–H and O–H groups in total. The minimum atomic E-state index is -2.69. The predicted molar refractivity (Wildman–Crippen MR) is 121 cm³/mol. The number of hydrogen-bond donors (Lipinski definition) is 6. The molecule has 1 amide bonds. The van der Waals surface area contributed by atoms with Gasteiger partial charge in [-0.3, -0.25) is 19.3 Å². The minimum Gasteiger partial charge on any atom is -0.507 e. The fraction of sp³-hybridized carbons (Fsp3) is 0.476. The number of anilines is 1. The van der Waals surface area contributed by atoms with E-state index < -0.39 is 64.5 Å². The Bertz CT molecular complexity index is 1120. The van der Waals surface area contributed by atoms with Crippen molar-refractivity contribution in [1.82, 2.24) is 4.90 Å². The molecule has 180 valence electrons. The molecule has 0 saturated heterocycles. The van der Waals surface area contributed by atoms with Crippen molar-refractivity contribution in [1.29, 1.82) is 0 Å². The monoisotopic (exact) mass is 501 g/mol. The molecule has 5 atom stereocenters. The van der Waals surface area contributed by atoms with Crippen molar-refractivity contribution in [3.8, 4) is 5.75 Å². The Labute approximate surface area is 200 Å². The average Bonchev–Trinajstić information content (AvgIpc) is 2.68. The number of nitrogen functional groups attached to an aromatic ring is 1. The van der Waals surface area contributed by atoms with Crippen molar-refractivity contribution in [3.05, 3.63) is 27.8 Å². The van der Waals surface area contributed by atoms with Gasteiger partial charge in [0.15, 0.2) is 17.1 Å². The number of aliphatic hydroxyl groups excluding tert-OH is 2. The van der Waals surface area contributed by atoms with Crippen LogP contribution in [0.4, 0.5) is 5.69 Å². The smallest absolute Gasteiger partial charge is 0.241 e. The van der Waals surface area contributed by atoms with Gasteiger partial charge in [-0.15, -0.1) is 12.4 Å². The van der Waals surface area contributed by atoms with Crippen molar-refractivity contribution in [2.45, 2.75) is 36.5 Å². The number of fused-ring (bicyclic) bond motifs is 3. The van der Waals surface area contributed by atoms with Gasteiger partial charge in [0.25, 0.3) is 0 Å². The summed E-state index contributed by atoms with van der Waals surface area (Å²) in [6, 6.07) is 1.46. The molecule has 4 rings (SSSR count). The van der Waals surface area contributed by atoms with E-state index in [-0.39, 0.29) is 47.1 Å². The molecule has 10 nitrogen and oxygen atoms in total. The lowest BCUT2D eigenvalue weighted by Gasteiger charge is -2.57. The number of aliphatic hydroxyl groups is 3. The number of amides is 1. The molecule has 1 aromatic rings. The molecule has 2 fully saturated rings. The molecule has 0 aromatic heterocycles. The minimum absolute atomic E-state index is 0. The van der Waals surface area contributed by atoms with E-state index in [2.05, 4.69) is 0 Å². The van der Waals surface area contributed by atoms with Gasteiger partial charge in [0.1, 0.15) is 11.3 Å². The van der Waals surface area contributed by atoms with Crippen LogP contribution in [-0.2, 0) is 20.8 Å². The van der Waals surface area contributed by atoms with Gasteiger partial charge >= 0.3 is 0 Å². The molecule has 0 radical (unpaired) electrons. The number of nitrogens with two attached hydrogens (primary N) is 2.